The third kappa shape index (κ3) is 3.25. The lowest BCUT2D eigenvalue weighted by atomic mass is 9.63. The van der Waals surface area contributed by atoms with Crippen molar-refractivity contribution in [3.8, 4) is 5.75 Å². The number of nitro benzene ring substituents is 1. The lowest BCUT2D eigenvalue weighted by molar-refractivity contribution is -0.384. The van der Waals surface area contributed by atoms with Gasteiger partial charge in [0.05, 0.1) is 23.9 Å². The lowest BCUT2D eigenvalue weighted by Gasteiger charge is -2.37. The second kappa shape index (κ2) is 7.76. The molecule has 9 nitrogen and oxygen atoms in total. The molecule has 2 bridgehead atoms. The van der Waals surface area contributed by atoms with Gasteiger partial charge < -0.3 is 4.74 Å². The minimum absolute atomic E-state index is 0.0938. The van der Waals surface area contributed by atoms with Crippen LogP contribution in [0.15, 0.2) is 60.7 Å². The first-order valence-corrected chi connectivity index (χ1v) is 11.6. The van der Waals surface area contributed by atoms with Crippen molar-refractivity contribution >= 4 is 29.1 Å². The molecule has 6 unspecified atom stereocenters. The van der Waals surface area contributed by atoms with Crippen molar-refractivity contribution in [3.05, 3.63) is 76.4 Å². The van der Waals surface area contributed by atoms with Crippen molar-refractivity contribution in [2.75, 3.05) is 18.7 Å². The number of hydrogen-bond donors (Lipinski definition) is 0. The van der Waals surface area contributed by atoms with E-state index in [1.54, 1.807) is 24.3 Å². The van der Waals surface area contributed by atoms with Gasteiger partial charge >= 0.3 is 0 Å². The number of methoxy groups -OCH3 is 1. The van der Waals surface area contributed by atoms with Gasteiger partial charge in [-0.05, 0) is 66.5 Å². The minimum Gasteiger partial charge on any atom is -0.497 e. The third-order valence-corrected chi connectivity index (χ3v) is 7.99. The second-order valence-electron chi connectivity index (χ2n) is 9.64. The molecule has 0 radical (unpaired) electrons. The number of allylic oxidation sites excluding steroid dienone is 2. The molecule has 2 saturated carbocycles. The molecule has 1 heterocycles. The standard InChI is InChI=1S/C26H23N3O6/c1-35-17-8-6-15(7-9-17)27(24(30)14-2-4-16(5-3-14)29(33)34)13-28-25(31)22-18-10-11-19(21-12-20(18)21)23(22)26(28)32/h2-11,18-23H,12-13H2,1H3. The molecule has 1 saturated heterocycles. The number of ether oxygens (including phenoxy) is 1. The van der Waals surface area contributed by atoms with Crippen LogP contribution in [0.25, 0.3) is 0 Å². The summed E-state index contributed by atoms with van der Waals surface area (Å²) in [4.78, 5) is 53.6. The summed E-state index contributed by atoms with van der Waals surface area (Å²) >= 11 is 0. The zero-order valence-corrected chi connectivity index (χ0v) is 18.9. The van der Waals surface area contributed by atoms with Crippen molar-refractivity contribution in [1.29, 1.82) is 0 Å². The quantitative estimate of drug-likeness (QED) is 0.276. The summed E-state index contributed by atoms with van der Waals surface area (Å²) in [6, 6.07) is 12.0. The van der Waals surface area contributed by atoms with Gasteiger partial charge in [-0.1, -0.05) is 12.2 Å². The van der Waals surface area contributed by atoms with E-state index >= 15 is 0 Å². The van der Waals surface area contributed by atoms with E-state index in [0.29, 0.717) is 23.3 Å². The van der Waals surface area contributed by atoms with Crippen molar-refractivity contribution in [3.63, 3.8) is 0 Å². The van der Waals surface area contributed by atoms with Crippen LogP contribution in [-0.4, -0.2) is 41.3 Å². The van der Waals surface area contributed by atoms with Crippen LogP contribution in [0, 0.1) is 45.6 Å². The van der Waals surface area contributed by atoms with E-state index in [2.05, 4.69) is 12.2 Å². The number of hydrogen-bond acceptors (Lipinski definition) is 6. The number of amides is 3. The summed E-state index contributed by atoms with van der Waals surface area (Å²) in [5, 5.41) is 11.0. The van der Waals surface area contributed by atoms with Gasteiger partial charge in [0.25, 0.3) is 11.6 Å². The molecule has 3 amide bonds. The van der Waals surface area contributed by atoms with Crippen LogP contribution in [-0.2, 0) is 9.59 Å². The lowest BCUT2D eigenvalue weighted by Crippen LogP contribution is -2.45. The van der Waals surface area contributed by atoms with Crippen LogP contribution in [0.4, 0.5) is 11.4 Å². The molecular formula is C26H23N3O6. The van der Waals surface area contributed by atoms with Gasteiger partial charge in [-0.25, -0.2) is 0 Å². The summed E-state index contributed by atoms with van der Waals surface area (Å²) in [7, 11) is 1.53. The van der Waals surface area contributed by atoms with E-state index in [0.717, 1.165) is 6.42 Å². The van der Waals surface area contributed by atoms with Crippen LogP contribution in [0.2, 0.25) is 0 Å². The highest BCUT2D eigenvalue weighted by atomic mass is 16.6. The molecule has 6 atom stereocenters. The Bertz CT molecular complexity index is 1230. The van der Waals surface area contributed by atoms with Gasteiger partial charge in [0.2, 0.25) is 11.8 Å². The highest BCUT2D eigenvalue weighted by Gasteiger charge is 2.67. The first kappa shape index (κ1) is 21.5. The van der Waals surface area contributed by atoms with E-state index in [1.165, 1.54) is 41.2 Å². The number of imide groups is 1. The second-order valence-corrected chi connectivity index (χ2v) is 9.64. The highest BCUT2D eigenvalue weighted by molar-refractivity contribution is 6.10. The first-order chi connectivity index (χ1) is 16.9. The van der Waals surface area contributed by atoms with Gasteiger partial charge in [0.15, 0.2) is 0 Å². The number of rotatable bonds is 6. The number of benzene rings is 2. The third-order valence-electron chi connectivity index (χ3n) is 7.99. The zero-order valence-electron chi connectivity index (χ0n) is 18.9. The zero-order chi connectivity index (χ0) is 24.4. The van der Waals surface area contributed by atoms with Gasteiger partial charge in [-0.3, -0.25) is 34.3 Å². The normalized spacial score (nSPS) is 29.6. The largest absolute Gasteiger partial charge is 0.497 e. The Morgan fingerprint density at radius 1 is 1.00 bits per heavy atom. The Hall–Kier alpha value is -4.01. The molecule has 7 rings (SSSR count). The van der Waals surface area contributed by atoms with Crippen LogP contribution in [0.5, 0.6) is 5.75 Å². The molecule has 4 aliphatic carbocycles. The Morgan fingerprint density at radius 2 is 1.57 bits per heavy atom. The van der Waals surface area contributed by atoms with Crippen LogP contribution in [0.1, 0.15) is 16.8 Å². The SMILES string of the molecule is COc1ccc(N(CN2C(=O)C3C4C=CC(C5CC45)C3C2=O)C(=O)c2ccc([N+](=O)[O-])cc2)cc1. The number of nitrogens with zero attached hydrogens (tertiary/aromatic N) is 3. The monoisotopic (exact) mass is 473 g/mol. The first-order valence-electron chi connectivity index (χ1n) is 11.6. The fourth-order valence-electron chi connectivity index (χ4n) is 6.21. The average Bonchev–Trinajstić information content (AvgIpc) is 3.67. The Labute approximate surface area is 201 Å². The van der Waals surface area contributed by atoms with E-state index in [9.17, 15) is 24.5 Å². The smallest absolute Gasteiger partial charge is 0.269 e. The molecule has 35 heavy (non-hydrogen) atoms. The van der Waals surface area contributed by atoms with E-state index < -0.39 is 10.8 Å². The highest BCUT2D eigenvalue weighted by Crippen LogP contribution is 2.65. The summed E-state index contributed by atoms with van der Waals surface area (Å²) in [5.41, 5.74) is 0.563. The Morgan fingerprint density at radius 3 is 2.09 bits per heavy atom. The Balaban J connectivity index is 1.32. The fourth-order valence-corrected chi connectivity index (χ4v) is 6.21. The average molecular weight is 473 g/mol. The van der Waals surface area contributed by atoms with E-state index in [4.69, 9.17) is 4.74 Å². The predicted molar refractivity (Wildman–Crippen MR) is 124 cm³/mol. The molecule has 178 valence electrons. The molecule has 9 heteroatoms. The number of non-ortho nitro benzene ring substituents is 1. The van der Waals surface area contributed by atoms with Crippen LogP contribution in [0.3, 0.4) is 0 Å². The summed E-state index contributed by atoms with van der Waals surface area (Å²) in [6.07, 6.45) is 5.29. The molecule has 3 fully saturated rings. The van der Waals surface area contributed by atoms with Crippen LogP contribution < -0.4 is 9.64 Å². The molecule has 5 aliphatic rings. The topological polar surface area (TPSA) is 110 Å². The van der Waals surface area contributed by atoms with Gasteiger partial charge in [-0.2, -0.15) is 0 Å². The number of carbonyl (C=O) groups excluding carboxylic acids is 3. The fraction of sp³-hybridized carbons (Fsp3) is 0.346. The number of nitro groups is 1. The summed E-state index contributed by atoms with van der Waals surface area (Å²) < 4.78 is 5.21. The van der Waals surface area contributed by atoms with E-state index in [1.807, 2.05) is 0 Å². The van der Waals surface area contributed by atoms with Crippen LogP contribution >= 0.6 is 0 Å². The maximum atomic E-state index is 13.6. The molecule has 2 aromatic rings. The number of anilines is 1. The summed E-state index contributed by atoms with van der Waals surface area (Å²) in [6.45, 7) is -0.221. The van der Waals surface area contributed by atoms with Crippen molar-refractivity contribution in [1.82, 2.24) is 4.90 Å². The maximum absolute atomic E-state index is 13.6. The number of carbonyl (C=O) groups is 3. The number of likely N-dealkylation sites (tertiary alicyclic amines) is 1. The van der Waals surface area contributed by atoms with Crippen molar-refractivity contribution in [2.45, 2.75) is 6.42 Å². The minimum atomic E-state index is -0.536. The van der Waals surface area contributed by atoms with Gasteiger partial charge in [-0.15, -0.1) is 0 Å². The van der Waals surface area contributed by atoms with Crippen molar-refractivity contribution < 1.29 is 24.0 Å². The molecular weight excluding hydrogens is 450 g/mol. The molecule has 0 N–H and O–H groups in total. The summed E-state index contributed by atoms with van der Waals surface area (Å²) in [5.74, 6) is 0.140. The maximum Gasteiger partial charge on any atom is 0.269 e. The Kier molecular flexibility index (Phi) is 4.77. The predicted octanol–water partition coefficient (Wildman–Crippen LogP) is 3.26. The molecule has 2 aromatic carbocycles. The van der Waals surface area contributed by atoms with Crippen molar-refractivity contribution in [2.24, 2.45) is 35.5 Å². The van der Waals surface area contributed by atoms with Gasteiger partial charge in [0, 0.05) is 23.4 Å². The van der Waals surface area contributed by atoms with Gasteiger partial charge in [0.1, 0.15) is 12.4 Å². The molecule has 0 spiro atoms. The molecule has 0 aromatic heterocycles. The molecule has 1 aliphatic heterocycles. The van der Waals surface area contributed by atoms with E-state index in [-0.39, 0.29) is 53.4 Å².